The molecule has 1 aromatic heterocycles. The van der Waals surface area contributed by atoms with Crippen LogP contribution in [0.4, 0.5) is 0 Å². The van der Waals surface area contributed by atoms with Crippen molar-refractivity contribution in [3.05, 3.63) is 77.5 Å². The monoisotopic (exact) mass is 306 g/mol. The molecule has 1 N–H and O–H groups in total. The zero-order valence-corrected chi connectivity index (χ0v) is 13.6. The van der Waals surface area contributed by atoms with E-state index in [1.165, 1.54) is 11.1 Å². The highest BCUT2D eigenvalue weighted by Gasteiger charge is 2.12. The summed E-state index contributed by atoms with van der Waals surface area (Å²) in [6.45, 7) is 5.13. The second-order valence-corrected chi connectivity index (χ2v) is 6.11. The molecule has 0 saturated carbocycles. The van der Waals surface area contributed by atoms with Crippen LogP contribution >= 0.6 is 0 Å². The highest BCUT2D eigenvalue weighted by molar-refractivity contribution is 5.60. The lowest BCUT2D eigenvalue weighted by molar-refractivity contribution is 0.282. The highest BCUT2D eigenvalue weighted by Crippen LogP contribution is 2.24. The number of aliphatic hydroxyl groups is 1. The molecule has 1 heterocycles. The Bertz CT molecular complexity index is 758. The van der Waals surface area contributed by atoms with Gasteiger partial charge >= 0.3 is 0 Å². The molecule has 0 fully saturated rings. The minimum absolute atomic E-state index is 0.0782. The van der Waals surface area contributed by atoms with Crippen LogP contribution in [0.1, 0.15) is 36.6 Å². The molecule has 3 heteroatoms. The fourth-order valence-corrected chi connectivity index (χ4v) is 2.60. The molecule has 2 aromatic carbocycles. The van der Waals surface area contributed by atoms with Gasteiger partial charge in [-0.15, -0.1) is 0 Å². The van der Waals surface area contributed by atoms with Crippen LogP contribution < -0.4 is 0 Å². The maximum absolute atomic E-state index is 9.16. The smallest absolute Gasteiger partial charge is 0.0689 e. The molecule has 3 nitrogen and oxygen atoms in total. The van der Waals surface area contributed by atoms with Crippen molar-refractivity contribution in [2.45, 2.75) is 32.9 Å². The van der Waals surface area contributed by atoms with Gasteiger partial charge in [0.15, 0.2) is 0 Å². The summed E-state index contributed by atoms with van der Waals surface area (Å²) < 4.78 is 2.07. The van der Waals surface area contributed by atoms with Gasteiger partial charge in [0.25, 0.3) is 0 Å². The second kappa shape index (κ2) is 6.80. The number of aliphatic hydroxyl groups excluding tert-OH is 1. The van der Waals surface area contributed by atoms with Gasteiger partial charge in [0, 0.05) is 0 Å². The molecule has 0 aliphatic carbocycles. The molecule has 0 amide bonds. The van der Waals surface area contributed by atoms with Gasteiger partial charge < -0.3 is 5.11 Å². The van der Waals surface area contributed by atoms with Crippen molar-refractivity contribution in [3.63, 3.8) is 0 Å². The summed E-state index contributed by atoms with van der Waals surface area (Å²) in [7, 11) is 0. The van der Waals surface area contributed by atoms with Crippen LogP contribution in [0.25, 0.3) is 11.3 Å². The summed E-state index contributed by atoms with van der Waals surface area (Å²) in [4.78, 5) is 0. The summed E-state index contributed by atoms with van der Waals surface area (Å²) in [5, 5.41) is 13.9. The molecule has 0 atom stereocenters. The maximum atomic E-state index is 9.16. The van der Waals surface area contributed by atoms with Crippen molar-refractivity contribution in [2.24, 2.45) is 0 Å². The quantitative estimate of drug-likeness (QED) is 0.766. The average molecular weight is 306 g/mol. The first kappa shape index (κ1) is 15.5. The Labute approximate surface area is 137 Å². The second-order valence-electron chi connectivity index (χ2n) is 6.11. The van der Waals surface area contributed by atoms with Crippen molar-refractivity contribution >= 4 is 0 Å². The molecule has 23 heavy (non-hydrogen) atoms. The minimum Gasteiger partial charge on any atom is -0.392 e. The molecular formula is C20H22N2O. The normalized spacial score (nSPS) is 11.1. The Balaban J connectivity index is 1.96. The third-order valence-electron chi connectivity index (χ3n) is 4.00. The lowest BCUT2D eigenvalue weighted by Gasteiger charge is -2.08. The molecule has 0 spiro atoms. The summed E-state index contributed by atoms with van der Waals surface area (Å²) in [5.74, 6) is 0.399. The Morgan fingerprint density at radius 2 is 1.61 bits per heavy atom. The molecule has 0 bridgehead atoms. The summed E-state index contributed by atoms with van der Waals surface area (Å²) in [6.07, 6.45) is 0. The van der Waals surface area contributed by atoms with E-state index in [0.717, 1.165) is 23.5 Å². The molecular weight excluding hydrogens is 284 g/mol. The lowest BCUT2D eigenvalue weighted by atomic mass is 10.1. The predicted molar refractivity (Wildman–Crippen MR) is 93.2 cm³/mol. The third-order valence-corrected chi connectivity index (χ3v) is 4.00. The molecule has 0 radical (unpaired) electrons. The first-order valence-corrected chi connectivity index (χ1v) is 7.99. The van der Waals surface area contributed by atoms with Gasteiger partial charge in [-0.1, -0.05) is 68.4 Å². The van der Waals surface area contributed by atoms with E-state index >= 15 is 0 Å². The summed E-state index contributed by atoms with van der Waals surface area (Å²) in [5.41, 5.74) is 5.54. The van der Waals surface area contributed by atoms with E-state index in [9.17, 15) is 0 Å². The number of rotatable bonds is 5. The number of benzene rings is 2. The van der Waals surface area contributed by atoms with Crippen LogP contribution in [-0.4, -0.2) is 14.9 Å². The Hall–Kier alpha value is -2.39. The number of nitrogens with zero attached hydrogens (tertiary/aromatic N) is 2. The maximum Gasteiger partial charge on any atom is 0.0689 e. The summed E-state index contributed by atoms with van der Waals surface area (Å²) >= 11 is 0. The van der Waals surface area contributed by atoms with Gasteiger partial charge in [0.2, 0.25) is 0 Å². The molecule has 3 rings (SSSR count). The SMILES string of the molecule is CC(C)c1cc(-c2ccccc2)n(Cc2ccc(CO)cc2)n1. The number of aromatic nitrogens is 2. The fourth-order valence-electron chi connectivity index (χ4n) is 2.60. The predicted octanol–water partition coefficient (Wildman–Crippen LogP) is 4.21. The average Bonchev–Trinajstić information content (AvgIpc) is 3.00. The minimum atomic E-state index is 0.0782. The molecule has 0 unspecified atom stereocenters. The number of hydrogen-bond donors (Lipinski definition) is 1. The molecule has 3 aromatic rings. The molecule has 0 saturated heterocycles. The Morgan fingerprint density at radius 1 is 0.957 bits per heavy atom. The topological polar surface area (TPSA) is 38.0 Å². The van der Waals surface area contributed by atoms with Gasteiger partial charge in [-0.25, -0.2) is 0 Å². The van der Waals surface area contributed by atoms with E-state index < -0.39 is 0 Å². The van der Waals surface area contributed by atoms with E-state index in [0.29, 0.717) is 5.92 Å². The van der Waals surface area contributed by atoms with Crippen molar-refractivity contribution in [1.82, 2.24) is 9.78 Å². The molecule has 0 aliphatic heterocycles. The standard InChI is InChI=1S/C20H22N2O/c1-15(2)19-12-20(18-6-4-3-5-7-18)22(21-19)13-16-8-10-17(14-23)11-9-16/h3-12,15,23H,13-14H2,1-2H3. The van der Waals surface area contributed by atoms with Crippen molar-refractivity contribution in [3.8, 4) is 11.3 Å². The van der Waals surface area contributed by atoms with Gasteiger partial charge in [-0.3, -0.25) is 4.68 Å². The van der Waals surface area contributed by atoms with E-state index in [2.05, 4.69) is 61.0 Å². The zero-order chi connectivity index (χ0) is 16.2. The van der Waals surface area contributed by atoms with Crippen LogP contribution in [0.3, 0.4) is 0 Å². The van der Waals surface area contributed by atoms with Gasteiger partial charge in [0.05, 0.1) is 24.5 Å². The zero-order valence-electron chi connectivity index (χ0n) is 13.6. The van der Waals surface area contributed by atoms with Crippen LogP contribution in [0.5, 0.6) is 0 Å². The van der Waals surface area contributed by atoms with Gasteiger partial charge in [-0.05, 0) is 28.7 Å². The van der Waals surface area contributed by atoms with E-state index in [4.69, 9.17) is 10.2 Å². The van der Waals surface area contributed by atoms with Gasteiger partial charge in [-0.2, -0.15) is 5.10 Å². The Kier molecular flexibility index (Phi) is 4.58. The van der Waals surface area contributed by atoms with E-state index in [-0.39, 0.29) is 6.61 Å². The van der Waals surface area contributed by atoms with Crippen LogP contribution in [0.2, 0.25) is 0 Å². The highest BCUT2D eigenvalue weighted by atomic mass is 16.3. The first-order chi connectivity index (χ1) is 11.2. The summed E-state index contributed by atoms with van der Waals surface area (Å²) in [6, 6.07) is 20.6. The third kappa shape index (κ3) is 3.51. The molecule has 118 valence electrons. The van der Waals surface area contributed by atoms with Crippen molar-refractivity contribution in [2.75, 3.05) is 0 Å². The van der Waals surface area contributed by atoms with E-state index in [1.807, 2.05) is 18.2 Å². The van der Waals surface area contributed by atoms with Crippen LogP contribution in [0, 0.1) is 0 Å². The number of hydrogen-bond acceptors (Lipinski definition) is 2. The van der Waals surface area contributed by atoms with Gasteiger partial charge in [0.1, 0.15) is 0 Å². The Morgan fingerprint density at radius 3 is 2.22 bits per heavy atom. The van der Waals surface area contributed by atoms with Crippen LogP contribution in [-0.2, 0) is 13.2 Å². The van der Waals surface area contributed by atoms with Crippen molar-refractivity contribution < 1.29 is 5.11 Å². The van der Waals surface area contributed by atoms with Crippen LogP contribution in [0.15, 0.2) is 60.7 Å². The largest absolute Gasteiger partial charge is 0.392 e. The van der Waals surface area contributed by atoms with E-state index in [1.54, 1.807) is 0 Å². The first-order valence-electron chi connectivity index (χ1n) is 7.99. The lowest BCUT2D eigenvalue weighted by Crippen LogP contribution is -2.04. The fraction of sp³-hybridized carbons (Fsp3) is 0.250. The van der Waals surface area contributed by atoms with Crippen molar-refractivity contribution in [1.29, 1.82) is 0 Å². The molecule has 0 aliphatic rings.